The van der Waals surface area contributed by atoms with E-state index < -0.39 is 11.7 Å². The zero-order chi connectivity index (χ0) is 15.9. The number of anilines is 1. The summed E-state index contributed by atoms with van der Waals surface area (Å²) in [6, 6.07) is 4.31. The summed E-state index contributed by atoms with van der Waals surface area (Å²) in [5, 5.41) is 5.80. The van der Waals surface area contributed by atoms with E-state index in [0.29, 0.717) is 25.3 Å². The fraction of sp³-hybridized carbons (Fsp3) is 0.533. The fourth-order valence-electron chi connectivity index (χ4n) is 1.63. The van der Waals surface area contributed by atoms with E-state index >= 15 is 0 Å². The summed E-state index contributed by atoms with van der Waals surface area (Å²) in [6.07, 6.45) is 0.279. The van der Waals surface area contributed by atoms with Crippen LogP contribution in [0.25, 0.3) is 0 Å². The first-order valence-electron chi connectivity index (χ1n) is 6.86. The van der Waals surface area contributed by atoms with Gasteiger partial charge in [0, 0.05) is 19.2 Å². The monoisotopic (exact) mass is 298 g/mol. The number of amides is 1. The molecule has 2 N–H and O–H groups in total. The van der Waals surface area contributed by atoms with Crippen LogP contribution in [0.4, 0.5) is 14.9 Å². The Labute approximate surface area is 124 Å². The van der Waals surface area contributed by atoms with Crippen molar-refractivity contribution in [1.82, 2.24) is 5.32 Å². The first-order valence-corrected chi connectivity index (χ1v) is 6.86. The maximum absolute atomic E-state index is 13.0. The van der Waals surface area contributed by atoms with Crippen molar-refractivity contribution in [2.45, 2.75) is 32.8 Å². The standard InChI is InChI=1S/C15H23FN2O3/c1-15(2,3)21-14(19)18-9-5-8-17-12-7-6-11(16)10-13(12)20-4/h6-7,10,17H,5,8-9H2,1-4H3,(H,18,19). The molecule has 0 aliphatic heterocycles. The third kappa shape index (κ3) is 6.83. The van der Waals surface area contributed by atoms with E-state index in [2.05, 4.69) is 10.6 Å². The van der Waals surface area contributed by atoms with Crippen molar-refractivity contribution in [3.63, 3.8) is 0 Å². The highest BCUT2D eigenvalue weighted by Crippen LogP contribution is 2.24. The zero-order valence-electron chi connectivity index (χ0n) is 13.0. The Bertz CT molecular complexity index is 472. The Hall–Kier alpha value is -1.98. The molecule has 5 nitrogen and oxygen atoms in total. The van der Waals surface area contributed by atoms with E-state index in [9.17, 15) is 9.18 Å². The number of alkyl carbamates (subject to hydrolysis) is 1. The third-order valence-electron chi connectivity index (χ3n) is 2.50. The number of carbonyl (C=O) groups excluding carboxylic acids is 1. The molecule has 0 aliphatic rings. The molecule has 0 heterocycles. The van der Waals surface area contributed by atoms with Gasteiger partial charge in [0.05, 0.1) is 12.8 Å². The van der Waals surface area contributed by atoms with Gasteiger partial charge in [-0.15, -0.1) is 0 Å². The molecule has 0 unspecified atom stereocenters. The van der Waals surface area contributed by atoms with Crippen molar-refractivity contribution < 1.29 is 18.7 Å². The lowest BCUT2D eigenvalue weighted by atomic mass is 10.2. The number of ether oxygens (including phenoxy) is 2. The predicted octanol–water partition coefficient (Wildman–Crippen LogP) is 3.16. The molecule has 21 heavy (non-hydrogen) atoms. The van der Waals surface area contributed by atoms with Gasteiger partial charge in [-0.1, -0.05) is 0 Å². The van der Waals surface area contributed by atoms with Gasteiger partial charge in [-0.25, -0.2) is 9.18 Å². The van der Waals surface area contributed by atoms with Gasteiger partial charge in [-0.05, 0) is 39.3 Å². The summed E-state index contributed by atoms with van der Waals surface area (Å²) >= 11 is 0. The number of rotatable bonds is 6. The van der Waals surface area contributed by atoms with Crippen LogP contribution in [0.15, 0.2) is 18.2 Å². The Morgan fingerprint density at radius 2 is 2.00 bits per heavy atom. The number of halogens is 1. The van der Waals surface area contributed by atoms with E-state index in [-0.39, 0.29) is 5.82 Å². The second-order valence-electron chi connectivity index (χ2n) is 5.55. The number of hydrogen-bond acceptors (Lipinski definition) is 4. The molecule has 1 aromatic rings. The van der Waals surface area contributed by atoms with Crippen LogP contribution in [0.2, 0.25) is 0 Å². The predicted molar refractivity (Wildman–Crippen MR) is 80.3 cm³/mol. The van der Waals surface area contributed by atoms with Crippen LogP contribution in [0.3, 0.4) is 0 Å². The quantitative estimate of drug-likeness (QED) is 0.792. The smallest absolute Gasteiger partial charge is 0.407 e. The summed E-state index contributed by atoms with van der Waals surface area (Å²) in [7, 11) is 1.49. The first kappa shape index (κ1) is 17.1. The van der Waals surface area contributed by atoms with Crippen molar-refractivity contribution in [2.75, 3.05) is 25.5 Å². The van der Waals surface area contributed by atoms with Crippen LogP contribution in [0.1, 0.15) is 27.2 Å². The summed E-state index contributed by atoms with van der Waals surface area (Å²) in [4.78, 5) is 11.4. The van der Waals surface area contributed by atoms with E-state index in [4.69, 9.17) is 9.47 Å². The zero-order valence-corrected chi connectivity index (χ0v) is 13.0. The molecule has 1 amide bonds. The van der Waals surface area contributed by atoms with Crippen molar-refractivity contribution >= 4 is 11.8 Å². The molecule has 0 atom stereocenters. The van der Waals surface area contributed by atoms with Gasteiger partial charge in [0.15, 0.2) is 0 Å². The Morgan fingerprint density at radius 3 is 2.62 bits per heavy atom. The summed E-state index contributed by atoms with van der Waals surface area (Å²) in [5.41, 5.74) is 0.222. The topological polar surface area (TPSA) is 59.6 Å². The van der Waals surface area contributed by atoms with Crippen LogP contribution in [-0.4, -0.2) is 31.9 Å². The molecule has 0 aliphatic carbocycles. The van der Waals surface area contributed by atoms with Crippen LogP contribution < -0.4 is 15.4 Å². The number of carbonyl (C=O) groups is 1. The number of methoxy groups -OCH3 is 1. The van der Waals surface area contributed by atoms with Gasteiger partial charge < -0.3 is 20.1 Å². The van der Waals surface area contributed by atoms with Crippen LogP contribution in [0.5, 0.6) is 5.75 Å². The summed E-state index contributed by atoms with van der Waals surface area (Å²) < 4.78 is 23.2. The normalized spacial score (nSPS) is 10.9. The minimum atomic E-state index is -0.496. The minimum Gasteiger partial charge on any atom is -0.494 e. The van der Waals surface area contributed by atoms with Gasteiger partial charge in [0.2, 0.25) is 0 Å². The van der Waals surface area contributed by atoms with Crippen molar-refractivity contribution in [2.24, 2.45) is 0 Å². The molecular weight excluding hydrogens is 275 g/mol. The number of nitrogens with one attached hydrogen (secondary N) is 2. The van der Waals surface area contributed by atoms with E-state index in [1.807, 2.05) is 20.8 Å². The van der Waals surface area contributed by atoms with Gasteiger partial charge in [0.25, 0.3) is 0 Å². The second-order valence-corrected chi connectivity index (χ2v) is 5.55. The highest BCUT2D eigenvalue weighted by atomic mass is 19.1. The highest BCUT2D eigenvalue weighted by molar-refractivity contribution is 5.67. The highest BCUT2D eigenvalue weighted by Gasteiger charge is 2.15. The molecule has 0 saturated carbocycles. The number of hydrogen-bond donors (Lipinski definition) is 2. The molecule has 0 bridgehead atoms. The lowest BCUT2D eigenvalue weighted by molar-refractivity contribution is 0.0528. The fourth-order valence-corrected chi connectivity index (χ4v) is 1.63. The van der Waals surface area contributed by atoms with E-state index in [1.54, 1.807) is 6.07 Å². The molecular formula is C15H23FN2O3. The van der Waals surface area contributed by atoms with Gasteiger partial charge >= 0.3 is 6.09 Å². The lowest BCUT2D eigenvalue weighted by Gasteiger charge is -2.19. The average molecular weight is 298 g/mol. The van der Waals surface area contributed by atoms with Gasteiger partial charge in [-0.3, -0.25) is 0 Å². The SMILES string of the molecule is COc1cc(F)ccc1NCCCNC(=O)OC(C)(C)C. The van der Waals surface area contributed by atoms with Crippen LogP contribution >= 0.6 is 0 Å². The molecule has 1 rings (SSSR count). The third-order valence-corrected chi connectivity index (χ3v) is 2.50. The van der Waals surface area contributed by atoms with Gasteiger partial charge in [-0.2, -0.15) is 0 Å². The van der Waals surface area contributed by atoms with Crippen molar-refractivity contribution in [3.05, 3.63) is 24.0 Å². The summed E-state index contributed by atoms with van der Waals surface area (Å²) in [5.74, 6) is 0.110. The Morgan fingerprint density at radius 1 is 1.29 bits per heavy atom. The molecule has 118 valence electrons. The largest absolute Gasteiger partial charge is 0.494 e. The first-order chi connectivity index (χ1) is 9.81. The molecule has 0 radical (unpaired) electrons. The molecule has 0 aromatic heterocycles. The molecule has 1 aromatic carbocycles. The molecule has 0 fully saturated rings. The molecule has 6 heteroatoms. The average Bonchev–Trinajstić information content (AvgIpc) is 2.37. The van der Waals surface area contributed by atoms with Crippen molar-refractivity contribution in [3.8, 4) is 5.75 Å². The maximum Gasteiger partial charge on any atom is 0.407 e. The Kier molecular flexibility index (Phi) is 6.27. The van der Waals surface area contributed by atoms with E-state index in [1.165, 1.54) is 19.2 Å². The van der Waals surface area contributed by atoms with Gasteiger partial charge in [0.1, 0.15) is 17.2 Å². The maximum atomic E-state index is 13.0. The van der Waals surface area contributed by atoms with E-state index in [0.717, 1.165) is 5.69 Å². The number of benzene rings is 1. The van der Waals surface area contributed by atoms with Crippen LogP contribution in [0, 0.1) is 5.82 Å². The van der Waals surface area contributed by atoms with Crippen LogP contribution in [-0.2, 0) is 4.74 Å². The van der Waals surface area contributed by atoms with Crippen molar-refractivity contribution in [1.29, 1.82) is 0 Å². The summed E-state index contributed by atoms with van der Waals surface area (Å²) in [6.45, 7) is 6.56. The molecule has 0 spiro atoms. The second kappa shape index (κ2) is 7.71. The Balaban J connectivity index is 2.27. The molecule has 0 saturated heterocycles. The lowest BCUT2D eigenvalue weighted by Crippen LogP contribution is -2.33. The minimum absolute atomic E-state index is 0.344.